The number of carbonyl (C=O) groups excluding carboxylic acids is 3. The van der Waals surface area contributed by atoms with E-state index in [1.165, 1.54) is 4.90 Å². The molecule has 1 saturated heterocycles. The lowest BCUT2D eigenvalue weighted by Crippen LogP contribution is -2.31. The standard InChI is InChI=1S/C23H22N4O4/c1-31-16-9-7-15(8-10-16)14-27-22(29)20(26-23(27)30)11-12-21(28)25-19-6-2-5-18-17(19)4-3-13-24-18/h2-10,13,20H,11-12,14H2,1H3,(H,25,28)(H,26,30). The number of benzene rings is 2. The third-order valence-electron chi connectivity index (χ3n) is 5.19. The van der Waals surface area contributed by atoms with Gasteiger partial charge in [0.25, 0.3) is 5.91 Å². The predicted molar refractivity (Wildman–Crippen MR) is 115 cm³/mol. The molecule has 1 unspecified atom stereocenters. The molecule has 1 aliphatic rings. The molecular formula is C23H22N4O4. The van der Waals surface area contributed by atoms with Crippen molar-refractivity contribution in [1.29, 1.82) is 0 Å². The molecule has 8 heteroatoms. The minimum Gasteiger partial charge on any atom is -0.497 e. The van der Waals surface area contributed by atoms with Crippen LogP contribution in [0.2, 0.25) is 0 Å². The van der Waals surface area contributed by atoms with Crippen molar-refractivity contribution >= 4 is 34.4 Å². The molecule has 1 atom stereocenters. The molecule has 3 aromatic rings. The van der Waals surface area contributed by atoms with Crippen LogP contribution in [0.15, 0.2) is 60.8 Å². The van der Waals surface area contributed by atoms with E-state index in [0.29, 0.717) is 11.4 Å². The van der Waals surface area contributed by atoms with Crippen molar-refractivity contribution in [2.75, 3.05) is 12.4 Å². The van der Waals surface area contributed by atoms with Crippen LogP contribution in [0.3, 0.4) is 0 Å². The minimum atomic E-state index is -0.717. The van der Waals surface area contributed by atoms with Gasteiger partial charge in [-0.25, -0.2) is 4.79 Å². The molecule has 1 aliphatic heterocycles. The molecule has 31 heavy (non-hydrogen) atoms. The second-order valence-electron chi connectivity index (χ2n) is 7.24. The van der Waals surface area contributed by atoms with Crippen LogP contribution in [-0.4, -0.2) is 40.9 Å². The zero-order valence-corrected chi connectivity index (χ0v) is 17.0. The van der Waals surface area contributed by atoms with Gasteiger partial charge < -0.3 is 15.4 Å². The summed E-state index contributed by atoms with van der Waals surface area (Å²) in [5.74, 6) is 0.141. The molecule has 1 fully saturated rings. The first kappa shape index (κ1) is 20.3. The van der Waals surface area contributed by atoms with Crippen LogP contribution < -0.4 is 15.4 Å². The van der Waals surface area contributed by atoms with Gasteiger partial charge in [-0.2, -0.15) is 0 Å². The number of rotatable bonds is 7. The molecule has 1 aromatic heterocycles. The maximum Gasteiger partial charge on any atom is 0.325 e. The summed E-state index contributed by atoms with van der Waals surface area (Å²) in [5, 5.41) is 6.38. The number of aromatic nitrogens is 1. The second kappa shape index (κ2) is 8.83. The van der Waals surface area contributed by atoms with Gasteiger partial charge in [0.05, 0.1) is 24.9 Å². The fourth-order valence-corrected chi connectivity index (χ4v) is 3.54. The molecule has 0 spiro atoms. The summed E-state index contributed by atoms with van der Waals surface area (Å²) in [4.78, 5) is 42.8. The molecule has 0 radical (unpaired) electrons. The Morgan fingerprint density at radius 2 is 1.94 bits per heavy atom. The topological polar surface area (TPSA) is 101 Å². The van der Waals surface area contributed by atoms with Crippen molar-refractivity contribution in [2.45, 2.75) is 25.4 Å². The Bertz CT molecular complexity index is 1120. The monoisotopic (exact) mass is 418 g/mol. The van der Waals surface area contributed by atoms with Gasteiger partial charge in [0.15, 0.2) is 0 Å². The van der Waals surface area contributed by atoms with Gasteiger partial charge in [0.1, 0.15) is 11.8 Å². The number of ether oxygens (including phenoxy) is 1. The number of methoxy groups -OCH3 is 1. The Morgan fingerprint density at radius 3 is 2.71 bits per heavy atom. The highest BCUT2D eigenvalue weighted by atomic mass is 16.5. The molecule has 0 bridgehead atoms. The number of imide groups is 1. The van der Waals surface area contributed by atoms with Crippen LogP contribution in [0.4, 0.5) is 10.5 Å². The Morgan fingerprint density at radius 1 is 1.13 bits per heavy atom. The number of nitrogens with one attached hydrogen (secondary N) is 2. The first-order valence-electron chi connectivity index (χ1n) is 9.93. The number of anilines is 1. The molecule has 0 aliphatic carbocycles. The fourth-order valence-electron chi connectivity index (χ4n) is 3.54. The summed E-state index contributed by atoms with van der Waals surface area (Å²) in [6.45, 7) is 0.167. The average molecular weight is 418 g/mol. The normalized spacial score (nSPS) is 15.8. The van der Waals surface area contributed by atoms with Gasteiger partial charge in [0, 0.05) is 18.0 Å². The molecular weight excluding hydrogens is 396 g/mol. The molecule has 158 valence electrons. The van der Waals surface area contributed by atoms with Gasteiger partial charge in [-0.3, -0.25) is 19.5 Å². The lowest BCUT2D eigenvalue weighted by molar-refractivity contribution is -0.128. The van der Waals surface area contributed by atoms with E-state index in [1.807, 2.05) is 24.3 Å². The highest BCUT2D eigenvalue weighted by Gasteiger charge is 2.37. The van der Waals surface area contributed by atoms with Crippen molar-refractivity contribution < 1.29 is 19.1 Å². The minimum absolute atomic E-state index is 0.101. The van der Waals surface area contributed by atoms with Crippen molar-refractivity contribution in [3.05, 3.63) is 66.4 Å². The molecule has 2 heterocycles. The number of carbonyl (C=O) groups is 3. The lowest BCUT2D eigenvalue weighted by atomic mass is 10.1. The van der Waals surface area contributed by atoms with Gasteiger partial charge in [-0.15, -0.1) is 0 Å². The molecule has 2 N–H and O–H groups in total. The Kier molecular flexibility index (Phi) is 5.79. The number of nitrogens with zero attached hydrogens (tertiary/aromatic N) is 2. The van der Waals surface area contributed by atoms with Gasteiger partial charge in [-0.05, 0) is 48.4 Å². The average Bonchev–Trinajstić information content (AvgIpc) is 3.06. The lowest BCUT2D eigenvalue weighted by Gasteiger charge is -2.13. The van der Waals surface area contributed by atoms with Crippen molar-refractivity contribution in [3.8, 4) is 5.75 Å². The smallest absolute Gasteiger partial charge is 0.325 e. The summed E-state index contributed by atoms with van der Waals surface area (Å²) >= 11 is 0. The number of pyridine rings is 1. The molecule has 8 nitrogen and oxygen atoms in total. The number of hydrogen-bond acceptors (Lipinski definition) is 5. The van der Waals surface area contributed by atoms with Gasteiger partial charge in [-0.1, -0.05) is 18.2 Å². The van der Waals surface area contributed by atoms with Crippen molar-refractivity contribution in [1.82, 2.24) is 15.2 Å². The third-order valence-corrected chi connectivity index (χ3v) is 5.19. The molecule has 4 amide bonds. The number of fused-ring (bicyclic) bond motifs is 1. The van der Waals surface area contributed by atoms with Crippen LogP contribution in [-0.2, 0) is 16.1 Å². The molecule has 0 saturated carbocycles. The van der Waals surface area contributed by atoms with Gasteiger partial charge in [0.2, 0.25) is 5.91 Å². The van der Waals surface area contributed by atoms with E-state index >= 15 is 0 Å². The zero-order valence-electron chi connectivity index (χ0n) is 17.0. The van der Waals surface area contributed by atoms with Crippen LogP contribution >= 0.6 is 0 Å². The van der Waals surface area contributed by atoms with Gasteiger partial charge >= 0.3 is 6.03 Å². The van der Waals surface area contributed by atoms with E-state index < -0.39 is 12.1 Å². The van der Waals surface area contributed by atoms with Crippen LogP contribution in [0, 0.1) is 0 Å². The summed E-state index contributed by atoms with van der Waals surface area (Å²) < 4.78 is 5.12. The van der Waals surface area contributed by atoms with Crippen molar-refractivity contribution in [2.24, 2.45) is 0 Å². The van der Waals surface area contributed by atoms with Crippen LogP contribution in [0.5, 0.6) is 5.75 Å². The van der Waals surface area contributed by atoms with E-state index in [-0.39, 0.29) is 31.2 Å². The number of urea groups is 1. The van der Waals surface area contributed by atoms with E-state index in [4.69, 9.17) is 4.74 Å². The highest BCUT2D eigenvalue weighted by molar-refractivity contribution is 6.05. The summed E-state index contributed by atoms with van der Waals surface area (Å²) in [7, 11) is 1.57. The largest absolute Gasteiger partial charge is 0.497 e. The van der Waals surface area contributed by atoms with Crippen LogP contribution in [0.1, 0.15) is 18.4 Å². The molecule has 4 rings (SSSR count). The highest BCUT2D eigenvalue weighted by Crippen LogP contribution is 2.22. The van der Waals surface area contributed by atoms with E-state index in [9.17, 15) is 14.4 Å². The Balaban J connectivity index is 1.34. The first-order valence-corrected chi connectivity index (χ1v) is 9.93. The summed E-state index contributed by atoms with van der Waals surface area (Å²) in [5.41, 5.74) is 2.26. The quantitative estimate of drug-likeness (QED) is 0.575. The maximum absolute atomic E-state index is 12.7. The summed E-state index contributed by atoms with van der Waals surface area (Å²) in [6.07, 6.45) is 2.02. The second-order valence-corrected chi connectivity index (χ2v) is 7.24. The maximum atomic E-state index is 12.7. The van der Waals surface area contributed by atoms with E-state index in [2.05, 4.69) is 15.6 Å². The fraction of sp³-hybridized carbons (Fsp3) is 0.217. The first-order chi connectivity index (χ1) is 15.0. The Hall–Kier alpha value is -3.94. The Labute approximate surface area is 179 Å². The van der Waals surface area contributed by atoms with Crippen LogP contribution in [0.25, 0.3) is 10.9 Å². The number of hydrogen-bond donors (Lipinski definition) is 2. The number of amides is 4. The van der Waals surface area contributed by atoms with E-state index in [1.54, 1.807) is 43.6 Å². The predicted octanol–water partition coefficient (Wildman–Crippen LogP) is 3.08. The SMILES string of the molecule is COc1ccc(CN2C(=O)NC(CCC(=O)Nc3cccc4ncccc34)C2=O)cc1. The molecule has 2 aromatic carbocycles. The third kappa shape index (κ3) is 4.48. The van der Waals surface area contributed by atoms with Crippen molar-refractivity contribution in [3.63, 3.8) is 0 Å². The zero-order chi connectivity index (χ0) is 21.8. The summed E-state index contributed by atoms with van der Waals surface area (Å²) in [6, 6.07) is 15.2. The van der Waals surface area contributed by atoms with E-state index in [0.717, 1.165) is 16.5 Å².